The highest BCUT2D eigenvalue weighted by molar-refractivity contribution is 5.03. The molecule has 2 rings (SSSR count). The molecule has 0 bridgehead atoms. The Morgan fingerprint density at radius 2 is 1.94 bits per heavy atom. The van der Waals surface area contributed by atoms with Gasteiger partial charge in [0.1, 0.15) is 0 Å². The van der Waals surface area contributed by atoms with E-state index < -0.39 is 0 Å². The molecule has 0 amide bonds. The maximum atomic E-state index is 6.23. The first-order valence-corrected chi connectivity index (χ1v) is 7.03. The van der Waals surface area contributed by atoms with E-state index in [-0.39, 0.29) is 0 Å². The number of hydrogen-bond acceptors (Lipinski definition) is 2. The minimum Gasteiger partial charge on any atom is -0.374 e. The van der Waals surface area contributed by atoms with Crippen molar-refractivity contribution in [1.29, 1.82) is 0 Å². The van der Waals surface area contributed by atoms with Crippen molar-refractivity contribution in [3.05, 3.63) is 0 Å². The van der Waals surface area contributed by atoms with E-state index in [0.29, 0.717) is 23.7 Å². The lowest BCUT2D eigenvalue weighted by molar-refractivity contribution is -0.145. The van der Waals surface area contributed by atoms with Gasteiger partial charge in [0, 0.05) is 11.5 Å². The first-order chi connectivity index (χ1) is 7.64. The molecule has 2 aliphatic carbocycles. The van der Waals surface area contributed by atoms with Gasteiger partial charge in [0.15, 0.2) is 0 Å². The van der Waals surface area contributed by atoms with Gasteiger partial charge in [-0.3, -0.25) is 0 Å². The molecule has 2 aliphatic rings. The number of ether oxygens (including phenoxy) is 1. The summed E-state index contributed by atoms with van der Waals surface area (Å²) in [5.41, 5.74) is 0.331. The summed E-state index contributed by atoms with van der Waals surface area (Å²) in [6, 6.07) is 0.666. The van der Waals surface area contributed by atoms with Gasteiger partial charge < -0.3 is 10.1 Å². The van der Waals surface area contributed by atoms with Gasteiger partial charge in [-0.25, -0.2) is 0 Å². The summed E-state index contributed by atoms with van der Waals surface area (Å²) in [6.07, 6.45) is 8.81. The second kappa shape index (κ2) is 5.05. The Morgan fingerprint density at radius 1 is 1.25 bits per heavy atom. The molecule has 0 saturated heterocycles. The van der Waals surface area contributed by atoms with Crippen molar-refractivity contribution >= 4 is 0 Å². The summed E-state index contributed by atoms with van der Waals surface area (Å²) in [4.78, 5) is 0. The van der Waals surface area contributed by atoms with Crippen LogP contribution in [-0.4, -0.2) is 24.8 Å². The van der Waals surface area contributed by atoms with Crippen LogP contribution in [0.2, 0.25) is 0 Å². The second-order valence-electron chi connectivity index (χ2n) is 6.09. The van der Waals surface area contributed by atoms with Crippen molar-refractivity contribution in [1.82, 2.24) is 5.32 Å². The molecule has 0 spiro atoms. The van der Waals surface area contributed by atoms with Gasteiger partial charge in [-0.2, -0.15) is 0 Å². The highest BCUT2D eigenvalue weighted by Crippen LogP contribution is 2.44. The normalized spacial score (nSPS) is 33.9. The van der Waals surface area contributed by atoms with Gasteiger partial charge in [0.2, 0.25) is 0 Å². The quantitative estimate of drug-likeness (QED) is 0.776. The van der Waals surface area contributed by atoms with Crippen LogP contribution in [0.5, 0.6) is 0 Å². The van der Waals surface area contributed by atoms with Crippen LogP contribution in [0.4, 0.5) is 0 Å². The van der Waals surface area contributed by atoms with Crippen molar-refractivity contribution in [3.8, 4) is 0 Å². The lowest BCUT2D eigenvalue weighted by Gasteiger charge is -2.52. The van der Waals surface area contributed by atoms with Crippen molar-refractivity contribution in [2.24, 2.45) is 5.41 Å². The Bertz CT molecular complexity index is 221. The number of rotatable bonds is 5. The smallest absolute Gasteiger partial charge is 0.0659 e. The van der Waals surface area contributed by atoms with Crippen LogP contribution < -0.4 is 5.32 Å². The first kappa shape index (κ1) is 12.4. The van der Waals surface area contributed by atoms with Gasteiger partial charge in [0.25, 0.3) is 0 Å². The highest BCUT2D eigenvalue weighted by atomic mass is 16.5. The molecule has 1 N–H and O–H groups in total. The maximum absolute atomic E-state index is 6.23. The maximum Gasteiger partial charge on any atom is 0.0659 e. The monoisotopic (exact) mass is 225 g/mol. The molecule has 2 atom stereocenters. The molecule has 94 valence electrons. The summed E-state index contributed by atoms with van der Waals surface area (Å²) >= 11 is 0. The fraction of sp³-hybridized carbons (Fsp3) is 1.00. The van der Waals surface area contributed by atoms with Crippen LogP contribution in [0.3, 0.4) is 0 Å². The molecule has 0 aromatic rings. The fourth-order valence-corrected chi connectivity index (χ4v) is 3.04. The molecule has 0 aromatic carbocycles. The molecule has 2 nitrogen and oxygen atoms in total. The molecule has 2 fully saturated rings. The second-order valence-corrected chi connectivity index (χ2v) is 6.09. The Hall–Kier alpha value is -0.0800. The lowest BCUT2D eigenvalue weighted by Crippen LogP contribution is -2.61. The third kappa shape index (κ3) is 2.43. The minimum atomic E-state index is 0.331. The van der Waals surface area contributed by atoms with Gasteiger partial charge in [-0.05, 0) is 32.2 Å². The summed E-state index contributed by atoms with van der Waals surface area (Å²) in [5, 5.41) is 3.63. The van der Waals surface area contributed by atoms with Gasteiger partial charge in [-0.15, -0.1) is 0 Å². The molecule has 2 heteroatoms. The van der Waals surface area contributed by atoms with Crippen LogP contribution in [0.25, 0.3) is 0 Å². The van der Waals surface area contributed by atoms with E-state index in [9.17, 15) is 0 Å². The largest absolute Gasteiger partial charge is 0.374 e. The number of nitrogens with one attached hydrogen (secondary N) is 1. The average Bonchev–Trinajstić information content (AvgIpc) is 2.75. The third-order valence-corrected chi connectivity index (χ3v) is 4.48. The van der Waals surface area contributed by atoms with Crippen molar-refractivity contribution in [2.75, 3.05) is 6.54 Å². The van der Waals surface area contributed by atoms with E-state index in [4.69, 9.17) is 4.74 Å². The topological polar surface area (TPSA) is 21.3 Å². The van der Waals surface area contributed by atoms with Crippen molar-refractivity contribution < 1.29 is 4.74 Å². The van der Waals surface area contributed by atoms with Crippen molar-refractivity contribution in [3.63, 3.8) is 0 Å². The van der Waals surface area contributed by atoms with E-state index >= 15 is 0 Å². The molecular weight excluding hydrogens is 198 g/mol. The third-order valence-electron chi connectivity index (χ3n) is 4.48. The van der Waals surface area contributed by atoms with E-state index in [1.54, 1.807) is 0 Å². The van der Waals surface area contributed by atoms with Crippen molar-refractivity contribution in [2.45, 2.75) is 77.5 Å². The van der Waals surface area contributed by atoms with E-state index in [0.717, 1.165) is 6.54 Å². The molecule has 16 heavy (non-hydrogen) atoms. The molecule has 2 unspecified atom stereocenters. The average molecular weight is 225 g/mol. The molecule has 0 aromatic heterocycles. The Labute approximate surface area is 100 Å². The van der Waals surface area contributed by atoms with E-state index in [1.165, 1.54) is 38.5 Å². The van der Waals surface area contributed by atoms with Crippen LogP contribution >= 0.6 is 0 Å². The van der Waals surface area contributed by atoms with Crippen LogP contribution in [0.15, 0.2) is 0 Å². The van der Waals surface area contributed by atoms with Gasteiger partial charge in [0.05, 0.1) is 12.2 Å². The summed E-state index contributed by atoms with van der Waals surface area (Å²) in [5.74, 6) is 0. The van der Waals surface area contributed by atoms with E-state index in [1.807, 2.05) is 0 Å². The Morgan fingerprint density at radius 3 is 2.50 bits per heavy atom. The molecule has 0 radical (unpaired) electrons. The minimum absolute atomic E-state index is 0.331. The molecule has 2 saturated carbocycles. The Balaban J connectivity index is 1.76. The summed E-state index contributed by atoms with van der Waals surface area (Å²) in [6.45, 7) is 8.07. The Kier molecular flexibility index (Phi) is 3.91. The van der Waals surface area contributed by atoms with Gasteiger partial charge >= 0.3 is 0 Å². The number of hydrogen-bond donors (Lipinski definition) is 1. The molecular formula is C14H27NO. The highest BCUT2D eigenvalue weighted by Gasteiger charge is 2.49. The zero-order valence-corrected chi connectivity index (χ0v) is 11.1. The van der Waals surface area contributed by atoms with E-state index in [2.05, 4.69) is 26.1 Å². The zero-order chi connectivity index (χ0) is 11.6. The van der Waals surface area contributed by atoms with Crippen LogP contribution in [0.1, 0.15) is 59.3 Å². The zero-order valence-electron chi connectivity index (χ0n) is 11.1. The predicted molar refractivity (Wildman–Crippen MR) is 67.6 cm³/mol. The van der Waals surface area contributed by atoms with Crippen LogP contribution in [0, 0.1) is 5.41 Å². The standard InChI is InChI=1S/C14H27NO/c1-4-9-15-12-10-13(14(12,2)3)16-11-7-5-6-8-11/h11-13,15H,4-10H2,1-3H3. The predicted octanol–water partition coefficient (Wildman–Crippen LogP) is 3.11. The van der Waals surface area contributed by atoms with Crippen LogP contribution in [-0.2, 0) is 4.74 Å². The lowest BCUT2D eigenvalue weighted by atomic mass is 9.64. The fourth-order valence-electron chi connectivity index (χ4n) is 3.04. The summed E-state index contributed by atoms with van der Waals surface area (Å²) < 4.78 is 6.23. The summed E-state index contributed by atoms with van der Waals surface area (Å²) in [7, 11) is 0. The first-order valence-electron chi connectivity index (χ1n) is 7.03. The SMILES string of the molecule is CCCNC1CC(OC2CCCC2)C1(C)C. The van der Waals surface area contributed by atoms with Gasteiger partial charge in [-0.1, -0.05) is 33.6 Å². The molecule has 0 heterocycles. The molecule has 0 aliphatic heterocycles.